The van der Waals surface area contributed by atoms with Gasteiger partial charge in [-0.15, -0.1) is 0 Å². The number of hydrogen-bond acceptors (Lipinski definition) is 21. The van der Waals surface area contributed by atoms with Crippen molar-refractivity contribution in [3.8, 4) is 34.5 Å². The van der Waals surface area contributed by atoms with E-state index in [4.69, 9.17) is 103 Å². The highest BCUT2D eigenvalue weighted by Crippen LogP contribution is 2.47. The number of ether oxygens (including phenoxy) is 6. The van der Waals surface area contributed by atoms with E-state index in [0.717, 1.165) is 119 Å². The lowest BCUT2D eigenvalue weighted by molar-refractivity contribution is -0.117. The molecule has 6 aromatic rings. The lowest BCUT2D eigenvalue weighted by atomic mass is 9.90. The SMILES string of the molecule is C.C.C.C.C=CC(=O)NC1CCCCC1Nc1ncc2c(n1)N(CC1CC1)C(=O)N(c1cc(OC)cc(OC)c1Cl)C2.COc1cc(OC)c(Cl)c(N2Cc3cnc(Cl)nc3N(CC3CC3)C2=O)c1.COc1cc(OC)c(Cl)c(N2Cc3cnc(NC4CCCCC4N)nc3N(CC3CC3)C2=O)c1.NC1CCCCC1N.[2H]CC. The van der Waals surface area contributed by atoms with Gasteiger partial charge < -0.3 is 61.6 Å². The number of hydrogen-bond donors (Lipinski definition) is 6. The van der Waals surface area contributed by atoms with E-state index >= 15 is 0 Å². The van der Waals surface area contributed by atoms with Gasteiger partial charge in [0, 0.05) is 129 Å². The van der Waals surface area contributed by atoms with E-state index in [9.17, 15) is 19.2 Å². The van der Waals surface area contributed by atoms with Crippen LogP contribution >= 0.6 is 46.4 Å². The van der Waals surface area contributed by atoms with Crippen LogP contribution in [0.15, 0.2) is 67.6 Å². The standard InChI is InChI=1S/C27H33ClN6O4.C24H31ClN6O3.C18H18Cl2N4O3.C6H14N2.C2H6.4CH4/c1-4-23(35)30-19-7-5-6-8-20(19)31-26-29-13-17-15-33(21-11-18(37-2)12-22(38-3)24(21)28)27(36)34(25(17)32-26)14-16-9-10-16;1-33-16-9-19(21(25)20(10-16)34-2)30-13-15-11-27-23(28-18-6-4-3-5-17(18)26)29-22(15)31(24(30)32)12-14-7-8-14;1-26-12-5-13(15(19)14(6-12)27-2)23-9-11-7-21-17(20)22-16(11)24(18(23)25)8-10-3-4-10;7-5-3-1-2-4-6(5)8;1-2;;;;/h4,11-13,16,19-20H,1,5-10,14-15H2,2-3H3,(H,30,35)(H,29,31,32);9-11,14,17-18H,3-8,12-13,26H2,1-2H3,(H,27,28,29);5-7,10H,3-4,8-9H2,1-2H3;5-6H,1-4,7-8H2;1-2H3;4*1H4/i;;;;1D;;;;. The van der Waals surface area contributed by atoms with E-state index in [1.807, 2.05) is 0 Å². The van der Waals surface area contributed by atoms with Crippen LogP contribution in [0.2, 0.25) is 20.4 Å². The van der Waals surface area contributed by atoms with Crippen LogP contribution in [0.1, 0.15) is 177 Å². The number of nitrogens with two attached hydrogens (primary N) is 3. The van der Waals surface area contributed by atoms with Crippen molar-refractivity contribution < 1.29 is 49.0 Å². The van der Waals surface area contributed by atoms with Gasteiger partial charge in [-0.3, -0.25) is 34.2 Å². The number of urea groups is 3. The number of aromatic nitrogens is 6. The van der Waals surface area contributed by atoms with E-state index in [0.29, 0.717) is 147 Å². The van der Waals surface area contributed by atoms with Crippen molar-refractivity contribution in [3.63, 3.8) is 0 Å². The summed E-state index contributed by atoms with van der Waals surface area (Å²) in [6.45, 7) is 8.46. The summed E-state index contributed by atoms with van der Waals surface area (Å²) in [5, 5.41) is 11.0. The second-order valence-corrected chi connectivity index (χ2v) is 30.0. The van der Waals surface area contributed by atoms with Gasteiger partial charge in [0.1, 0.15) is 67.0 Å². The zero-order valence-electron chi connectivity index (χ0n) is 64.0. The van der Waals surface area contributed by atoms with Crippen LogP contribution in [0.4, 0.5) is 60.8 Å². The molecule has 9 N–H and O–H groups in total. The molecule has 6 unspecified atom stereocenters. The minimum atomic E-state index is -0.208. The number of nitrogens with zero attached hydrogens (tertiary/aromatic N) is 12. The fourth-order valence-electron chi connectivity index (χ4n) is 14.1. The fraction of sp³-hybridized carbons (Fsp3) is 0.556. The minimum absolute atomic E-state index is 0. The normalized spacial score (nSPS) is 20.7. The molecular formula is C81H118Cl4N18O10. The molecule has 620 valence electrons. The summed E-state index contributed by atoms with van der Waals surface area (Å²) in [4.78, 5) is 90.1. The number of carbonyl (C=O) groups excluding carboxylic acids is 4. The average Bonchev–Trinajstić information content (AvgIpc) is 1.65. The lowest BCUT2D eigenvalue weighted by Crippen LogP contribution is -2.49. The lowest BCUT2D eigenvalue weighted by Gasteiger charge is -2.37. The molecule has 6 fully saturated rings. The molecule has 7 amide bonds. The van der Waals surface area contributed by atoms with E-state index in [2.05, 4.69) is 42.5 Å². The first kappa shape index (κ1) is 89.9. The average molecular weight is 1650 g/mol. The maximum absolute atomic E-state index is 13.9. The number of rotatable bonds is 21. The third-order valence-corrected chi connectivity index (χ3v) is 22.2. The highest BCUT2D eigenvalue weighted by Gasteiger charge is 2.42. The van der Waals surface area contributed by atoms with Crippen LogP contribution < -0.4 is 91.0 Å². The highest BCUT2D eigenvalue weighted by molar-refractivity contribution is 6.37. The summed E-state index contributed by atoms with van der Waals surface area (Å²) in [5.41, 5.74) is 21.6. The summed E-state index contributed by atoms with van der Waals surface area (Å²) in [5.74, 6) is 6.93. The van der Waals surface area contributed by atoms with Crippen molar-refractivity contribution in [1.29, 1.82) is 0 Å². The van der Waals surface area contributed by atoms with Crippen LogP contribution in [-0.4, -0.2) is 152 Å². The molecule has 32 heteroatoms. The quantitative estimate of drug-likeness (QED) is 0.0288. The van der Waals surface area contributed by atoms with Crippen LogP contribution in [0.5, 0.6) is 34.5 Å². The second kappa shape index (κ2) is 42.1. The Labute approximate surface area is 688 Å². The summed E-state index contributed by atoms with van der Waals surface area (Å²) < 4.78 is 38.6. The van der Waals surface area contributed by atoms with E-state index in [1.54, 1.807) is 113 Å². The van der Waals surface area contributed by atoms with Gasteiger partial charge in [0.05, 0.1) is 79.4 Å². The van der Waals surface area contributed by atoms with Gasteiger partial charge >= 0.3 is 18.1 Å². The maximum Gasteiger partial charge on any atom is 0.330 e. The molecule has 6 aliphatic carbocycles. The van der Waals surface area contributed by atoms with Crippen molar-refractivity contribution >= 4 is 117 Å². The Morgan fingerprint density at radius 2 is 0.796 bits per heavy atom. The van der Waals surface area contributed by atoms with Gasteiger partial charge in [-0.2, -0.15) is 15.0 Å². The molecule has 28 nitrogen and oxygen atoms in total. The van der Waals surface area contributed by atoms with Crippen molar-refractivity contribution in [2.45, 2.75) is 215 Å². The third kappa shape index (κ3) is 22.3. The van der Waals surface area contributed by atoms with Crippen molar-refractivity contribution in [3.05, 3.63) is 105 Å². The number of carbonyl (C=O) groups is 4. The minimum Gasteiger partial charge on any atom is -0.497 e. The Hall–Kier alpha value is -8.64. The summed E-state index contributed by atoms with van der Waals surface area (Å²) in [6, 6.07) is 10.4. The van der Waals surface area contributed by atoms with Gasteiger partial charge in [-0.1, -0.05) is 123 Å². The predicted octanol–water partition coefficient (Wildman–Crippen LogP) is 16.7. The zero-order valence-corrected chi connectivity index (χ0v) is 66.1. The topological polar surface area (TPSA) is 335 Å². The number of anilines is 8. The number of amides is 7. The predicted molar refractivity (Wildman–Crippen MR) is 454 cm³/mol. The summed E-state index contributed by atoms with van der Waals surface area (Å²) in [7, 11) is 9.26. The molecule has 9 aliphatic rings. The second-order valence-electron chi connectivity index (χ2n) is 28.5. The Bertz CT molecular complexity index is 4230. The third-order valence-electron chi connectivity index (χ3n) is 20.9. The maximum atomic E-state index is 13.9. The molecule has 3 aliphatic heterocycles. The van der Waals surface area contributed by atoms with Crippen LogP contribution in [0, 0.1) is 17.8 Å². The monoisotopic (exact) mass is 1640 g/mol. The van der Waals surface area contributed by atoms with Crippen molar-refractivity contribution in [1.82, 2.24) is 35.2 Å². The zero-order chi connectivity index (χ0) is 78.4. The number of nitrogens with one attached hydrogen (secondary N) is 3. The first-order chi connectivity index (χ1) is 53.1. The Morgan fingerprint density at radius 1 is 0.478 bits per heavy atom. The van der Waals surface area contributed by atoms with Crippen molar-refractivity contribution in [2.75, 3.05) is 102 Å². The molecule has 3 aromatic carbocycles. The van der Waals surface area contributed by atoms with E-state index < -0.39 is 0 Å². The highest BCUT2D eigenvalue weighted by atomic mass is 35.5. The largest absolute Gasteiger partial charge is 0.497 e. The molecule has 6 saturated carbocycles. The summed E-state index contributed by atoms with van der Waals surface area (Å²) >= 11 is 25.8. The number of benzene rings is 3. The molecule has 0 bridgehead atoms. The number of methoxy groups -OCH3 is 6. The molecular weight excluding hydrogens is 1530 g/mol. The van der Waals surface area contributed by atoms with E-state index in [1.165, 1.54) is 40.2 Å². The number of halogens is 4. The molecule has 113 heavy (non-hydrogen) atoms. The van der Waals surface area contributed by atoms with Gasteiger partial charge in [-0.25, -0.2) is 29.3 Å². The molecule has 6 heterocycles. The molecule has 0 spiro atoms. The Morgan fingerprint density at radius 3 is 1.12 bits per heavy atom. The molecule has 6 atom stereocenters. The number of fused-ring (bicyclic) bond motifs is 3. The molecule has 15 rings (SSSR count). The van der Waals surface area contributed by atoms with Crippen LogP contribution in [0.3, 0.4) is 0 Å². The Kier molecular flexibility index (Phi) is 33.5. The fourth-order valence-corrected chi connectivity index (χ4v) is 15.1. The van der Waals surface area contributed by atoms with Crippen LogP contribution in [0.25, 0.3) is 0 Å². The first-order valence-electron chi connectivity index (χ1n) is 38.1. The molecule has 0 radical (unpaired) electrons. The van der Waals surface area contributed by atoms with Gasteiger partial charge in [0.25, 0.3) is 0 Å². The van der Waals surface area contributed by atoms with E-state index in [-0.39, 0.29) is 108 Å². The van der Waals surface area contributed by atoms with Gasteiger partial charge in [0.15, 0.2) is 0 Å². The first-order valence-corrected chi connectivity index (χ1v) is 38.9. The molecule has 3 aromatic heterocycles. The summed E-state index contributed by atoms with van der Waals surface area (Å²) in [6.07, 6.45) is 26.0. The molecule has 0 saturated heterocycles. The van der Waals surface area contributed by atoms with Crippen molar-refractivity contribution in [2.24, 2.45) is 35.0 Å². The Balaban J connectivity index is 0.000000220. The van der Waals surface area contributed by atoms with Gasteiger partial charge in [0.2, 0.25) is 23.1 Å². The smallest absolute Gasteiger partial charge is 0.330 e. The van der Waals surface area contributed by atoms with Crippen LogP contribution in [-0.2, 0) is 24.4 Å². The van der Waals surface area contributed by atoms with Gasteiger partial charge in [-0.05, 0) is 112 Å².